The zero-order valence-electron chi connectivity index (χ0n) is 16.7. The van der Waals surface area contributed by atoms with E-state index in [0.717, 1.165) is 37.5 Å². The molecule has 156 valence electrons. The summed E-state index contributed by atoms with van der Waals surface area (Å²) < 4.78 is 10.5. The summed E-state index contributed by atoms with van der Waals surface area (Å²) in [5.41, 5.74) is 0.820. The van der Waals surface area contributed by atoms with Crippen LogP contribution in [0.2, 0.25) is 5.02 Å². The van der Waals surface area contributed by atoms with Crippen LogP contribution < -0.4 is 5.32 Å². The van der Waals surface area contributed by atoms with Crippen molar-refractivity contribution in [2.24, 2.45) is 10.9 Å². The number of nitrogens with zero attached hydrogens (tertiary/aromatic N) is 4. The van der Waals surface area contributed by atoms with E-state index in [1.807, 2.05) is 19.1 Å². The van der Waals surface area contributed by atoms with Gasteiger partial charge in [-0.05, 0) is 31.9 Å². The maximum absolute atomic E-state index is 11.9. The van der Waals surface area contributed by atoms with Crippen LogP contribution in [0.15, 0.2) is 33.8 Å². The Kier molecular flexibility index (Phi) is 7.46. The third kappa shape index (κ3) is 5.69. The Balaban J connectivity index is 1.47. The van der Waals surface area contributed by atoms with E-state index in [2.05, 4.69) is 25.3 Å². The molecular formula is C20H26ClN5O3. The van der Waals surface area contributed by atoms with Gasteiger partial charge in [0.1, 0.15) is 0 Å². The van der Waals surface area contributed by atoms with E-state index in [1.165, 1.54) is 0 Å². The van der Waals surface area contributed by atoms with Gasteiger partial charge in [0.25, 0.3) is 0 Å². The normalized spacial score (nSPS) is 15.4. The van der Waals surface area contributed by atoms with Crippen LogP contribution in [0.1, 0.15) is 25.7 Å². The molecule has 1 aromatic carbocycles. The monoisotopic (exact) mass is 419 g/mol. The van der Waals surface area contributed by atoms with Gasteiger partial charge in [0.2, 0.25) is 11.7 Å². The highest BCUT2D eigenvalue weighted by molar-refractivity contribution is 6.30. The number of guanidine groups is 1. The minimum absolute atomic E-state index is 0.0207. The lowest BCUT2D eigenvalue weighted by Crippen LogP contribution is -2.47. The van der Waals surface area contributed by atoms with Crippen molar-refractivity contribution in [2.45, 2.75) is 26.2 Å². The van der Waals surface area contributed by atoms with Crippen LogP contribution in [0.5, 0.6) is 0 Å². The SMILES string of the molecule is CCOC(=O)C1CCN(C(=NC)NCCc2nc(-c3cccc(Cl)c3)no2)CC1. The average Bonchev–Trinajstić information content (AvgIpc) is 3.21. The third-order valence-electron chi connectivity index (χ3n) is 4.80. The van der Waals surface area contributed by atoms with Crippen molar-refractivity contribution in [3.63, 3.8) is 0 Å². The predicted molar refractivity (Wildman–Crippen MR) is 111 cm³/mol. The van der Waals surface area contributed by atoms with Gasteiger partial charge in [0, 0.05) is 43.7 Å². The van der Waals surface area contributed by atoms with E-state index in [-0.39, 0.29) is 11.9 Å². The lowest BCUT2D eigenvalue weighted by atomic mass is 9.97. The summed E-state index contributed by atoms with van der Waals surface area (Å²) in [4.78, 5) is 22.8. The molecule has 1 aliphatic rings. The molecule has 1 N–H and O–H groups in total. The molecule has 2 aromatic rings. The molecule has 1 fully saturated rings. The molecule has 0 aliphatic carbocycles. The molecule has 0 amide bonds. The van der Waals surface area contributed by atoms with Crippen molar-refractivity contribution in [3.05, 3.63) is 35.2 Å². The summed E-state index contributed by atoms with van der Waals surface area (Å²) >= 11 is 6.01. The van der Waals surface area contributed by atoms with Crippen LogP contribution in [0, 0.1) is 5.92 Å². The topological polar surface area (TPSA) is 92.8 Å². The predicted octanol–water partition coefficient (Wildman–Crippen LogP) is 2.78. The Morgan fingerprint density at radius 2 is 2.21 bits per heavy atom. The fraction of sp³-hybridized carbons (Fsp3) is 0.500. The van der Waals surface area contributed by atoms with E-state index in [4.69, 9.17) is 20.9 Å². The largest absolute Gasteiger partial charge is 0.466 e. The summed E-state index contributed by atoms with van der Waals surface area (Å²) in [6, 6.07) is 7.35. The summed E-state index contributed by atoms with van der Waals surface area (Å²) in [5.74, 6) is 1.76. The van der Waals surface area contributed by atoms with E-state index in [0.29, 0.717) is 36.3 Å². The van der Waals surface area contributed by atoms with Gasteiger partial charge in [-0.2, -0.15) is 4.98 Å². The summed E-state index contributed by atoms with van der Waals surface area (Å²) in [5, 5.41) is 7.97. The number of carbonyl (C=O) groups is 1. The number of rotatable bonds is 6. The van der Waals surface area contributed by atoms with Crippen molar-refractivity contribution in [3.8, 4) is 11.4 Å². The van der Waals surface area contributed by atoms with Crippen LogP contribution in [0.25, 0.3) is 11.4 Å². The van der Waals surface area contributed by atoms with E-state index >= 15 is 0 Å². The van der Waals surface area contributed by atoms with Crippen LogP contribution >= 0.6 is 11.6 Å². The van der Waals surface area contributed by atoms with Crippen LogP contribution in [-0.2, 0) is 16.0 Å². The Labute approximate surface area is 175 Å². The Hall–Kier alpha value is -2.61. The zero-order valence-corrected chi connectivity index (χ0v) is 17.5. The average molecular weight is 420 g/mol. The molecule has 1 aromatic heterocycles. The molecule has 29 heavy (non-hydrogen) atoms. The van der Waals surface area contributed by atoms with E-state index < -0.39 is 0 Å². The lowest BCUT2D eigenvalue weighted by molar-refractivity contribution is -0.149. The summed E-state index contributed by atoms with van der Waals surface area (Å²) in [6.45, 7) is 4.41. The molecule has 2 heterocycles. The van der Waals surface area contributed by atoms with Crippen molar-refractivity contribution < 1.29 is 14.1 Å². The number of piperidine rings is 1. The number of hydrogen-bond acceptors (Lipinski definition) is 6. The number of likely N-dealkylation sites (tertiary alicyclic amines) is 1. The van der Waals surface area contributed by atoms with E-state index in [1.54, 1.807) is 19.2 Å². The van der Waals surface area contributed by atoms with Crippen molar-refractivity contribution >= 4 is 23.5 Å². The molecule has 8 nitrogen and oxygen atoms in total. The van der Waals surface area contributed by atoms with E-state index in [9.17, 15) is 4.79 Å². The molecule has 0 radical (unpaired) electrons. The van der Waals surface area contributed by atoms with Gasteiger partial charge in [-0.3, -0.25) is 9.79 Å². The number of aromatic nitrogens is 2. The number of ether oxygens (including phenoxy) is 1. The molecule has 0 saturated carbocycles. The molecule has 3 rings (SSSR count). The molecule has 0 bridgehead atoms. The fourth-order valence-electron chi connectivity index (χ4n) is 3.30. The molecular weight excluding hydrogens is 394 g/mol. The fourth-order valence-corrected chi connectivity index (χ4v) is 3.49. The number of aliphatic imine (C=N–C) groups is 1. The first kappa shape index (κ1) is 21.1. The number of hydrogen-bond donors (Lipinski definition) is 1. The highest BCUT2D eigenvalue weighted by atomic mass is 35.5. The summed E-state index contributed by atoms with van der Waals surface area (Å²) in [7, 11) is 1.75. The quantitative estimate of drug-likeness (QED) is 0.437. The van der Waals surface area contributed by atoms with Gasteiger partial charge in [0.05, 0.1) is 12.5 Å². The van der Waals surface area contributed by atoms with Gasteiger partial charge < -0.3 is 19.5 Å². The summed E-state index contributed by atoms with van der Waals surface area (Å²) in [6.07, 6.45) is 2.12. The number of esters is 1. The zero-order chi connectivity index (χ0) is 20.6. The first-order valence-electron chi connectivity index (χ1n) is 9.81. The second kappa shape index (κ2) is 10.2. The highest BCUT2D eigenvalue weighted by Gasteiger charge is 2.27. The number of halogens is 1. The minimum Gasteiger partial charge on any atom is -0.466 e. The third-order valence-corrected chi connectivity index (χ3v) is 5.03. The maximum atomic E-state index is 11.9. The maximum Gasteiger partial charge on any atom is 0.309 e. The Morgan fingerprint density at radius 3 is 2.90 bits per heavy atom. The van der Waals surface area contributed by atoms with Gasteiger partial charge in [-0.15, -0.1) is 0 Å². The molecule has 1 saturated heterocycles. The molecule has 0 atom stereocenters. The second-order valence-corrected chi connectivity index (χ2v) is 7.20. The first-order valence-corrected chi connectivity index (χ1v) is 10.2. The highest BCUT2D eigenvalue weighted by Crippen LogP contribution is 2.20. The van der Waals surface area contributed by atoms with Crippen molar-refractivity contribution in [2.75, 3.05) is 33.3 Å². The number of benzene rings is 1. The molecule has 1 aliphatic heterocycles. The Morgan fingerprint density at radius 1 is 1.41 bits per heavy atom. The molecule has 9 heteroatoms. The smallest absolute Gasteiger partial charge is 0.309 e. The van der Waals surface area contributed by atoms with Crippen LogP contribution in [0.4, 0.5) is 0 Å². The molecule has 0 spiro atoms. The van der Waals surface area contributed by atoms with Crippen molar-refractivity contribution in [1.82, 2.24) is 20.4 Å². The number of nitrogens with one attached hydrogen (secondary N) is 1. The van der Waals surface area contributed by atoms with Gasteiger partial charge in [0.15, 0.2) is 5.96 Å². The van der Waals surface area contributed by atoms with Gasteiger partial charge in [-0.1, -0.05) is 28.9 Å². The van der Waals surface area contributed by atoms with Crippen molar-refractivity contribution in [1.29, 1.82) is 0 Å². The first-order chi connectivity index (χ1) is 14.1. The standard InChI is InChI=1S/C20H26ClN5O3/c1-3-28-19(27)14-8-11-26(12-9-14)20(22-2)23-10-7-17-24-18(25-29-17)15-5-4-6-16(21)13-15/h4-6,13-14H,3,7-12H2,1-2H3,(H,22,23). The van der Waals surface area contributed by atoms with Crippen LogP contribution in [0.3, 0.4) is 0 Å². The van der Waals surface area contributed by atoms with Crippen LogP contribution in [-0.4, -0.2) is 60.3 Å². The molecule has 0 unspecified atom stereocenters. The minimum atomic E-state index is -0.0954. The Bertz CT molecular complexity index is 846. The lowest BCUT2D eigenvalue weighted by Gasteiger charge is -2.33. The second-order valence-electron chi connectivity index (χ2n) is 6.76. The number of carbonyl (C=O) groups excluding carboxylic acids is 1. The van der Waals surface area contributed by atoms with Gasteiger partial charge >= 0.3 is 5.97 Å². The van der Waals surface area contributed by atoms with Gasteiger partial charge in [-0.25, -0.2) is 0 Å².